The molecule has 0 aliphatic rings. The summed E-state index contributed by atoms with van der Waals surface area (Å²) in [5.74, 6) is -6.34. The van der Waals surface area contributed by atoms with Gasteiger partial charge in [-0.15, -0.1) is 0 Å². The van der Waals surface area contributed by atoms with E-state index in [0.29, 0.717) is 12.2 Å². The molecule has 0 bridgehead atoms. The fourth-order valence-corrected chi connectivity index (χ4v) is 0.656. The fourth-order valence-electron chi connectivity index (χ4n) is 0.656. The minimum absolute atomic E-state index is 0. The van der Waals surface area contributed by atoms with Crippen molar-refractivity contribution >= 4 is 70.0 Å². The predicted octanol–water partition coefficient (Wildman–Crippen LogP) is -5.56. The molecule has 0 spiro atoms. The van der Waals surface area contributed by atoms with Crippen molar-refractivity contribution < 1.29 is 39.6 Å². The third kappa shape index (κ3) is 16.4. The standard InChI is InChI=1S/2C6H6O4.2Mg/c2*1-2-4(6(9)10)3-5(7)8;;/h2*2-3H,1H2,(H,7,8)(H,9,10);;/q;;2*+2/p-4/b2*4-3-;;. The summed E-state index contributed by atoms with van der Waals surface area (Å²) in [5, 5.41) is 39.3. The molecule has 0 N–H and O–H groups in total. The second kappa shape index (κ2) is 15.8. The number of hydrogen-bond acceptors (Lipinski definition) is 8. The number of hydrogen-bond donors (Lipinski definition) is 0. The van der Waals surface area contributed by atoms with Crippen molar-refractivity contribution in [3.8, 4) is 0 Å². The first-order valence-electron chi connectivity index (χ1n) is 4.68. The van der Waals surface area contributed by atoms with Gasteiger partial charge >= 0.3 is 46.1 Å². The Labute approximate surface area is 157 Å². The molecule has 0 aliphatic heterocycles. The van der Waals surface area contributed by atoms with Crippen LogP contribution in [0.1, 0.15) is 0 Å². The summed E-state index contributed by atoms with van der Waals surface area (Å²) >= 11 is 0. The van der Waals surface area contributed by atoms with Gasteiger partial charge in [0.1, 0.15) is 0 Å². The van der Waals surface area contributed by atoms with Crippen LogP contribution in [0.15, 0.2) is 48.6 Å². The number of carbonyl (C=O) groups is 4. The van der Waals surface area contributed by atoms with Crippen LogP contribution >= 0.6 is 0 Å². The molecule has 0 unspecified atom stereocenters. The third-order valence-electron chi connectivity index (χ3n) is 1.46. The van der Waals surface area contributed by atoms with Crippen LogP contribution in [0, 0.1) is 0 Å². The van der Waals surface area contributed by atoms with Crippen LogP contribution in [0.25, 0.3) is 0 Å². The summed E-state index contributed by atoms with van der Waals surface area (Å²) in [6.45, 7) is 6.11. The van der Waals surface area contributed by atoms with Crippen LogP contribution in [0.5, 0.6) is 0 Å². The van der Waals surface area contributed by atoms with Crippen LogP contribution < -0.4 is 20.4 Å². The van der Waals surface area contributed by atoms with Crippen LogP contribution in [0.3, 0.4) is 0 Å². The molecular weight excluding hydrogens is 321 g/mol. The van der Waals surface area contributed by atoms with E-state index < -0.39 is 35.0 Å². The van der Waals surface area contributed by atoms with Crippen molar-refractivity contribution in [3.63, 3.8) is 0 Å². The Hall–Kier alpha value is -1.63. The quantitative estimate of drug-likeness (QED) is 0.265. The van der Waals surface area contributed by atoms with Gasteiger partial charge in [-0.1, -0.05) is 25.3 Å². The van der Waals surface area contributed by atoms with Gasteiger partial charge in [-0.3, -0.25) is 0 Å². The Kier molecular flexibility index (Phi) is 20.4. The average Bonchev–Trinajstić information content (AvgIpc) is 2.32. The molecule has 0 rings (SSSR count). The molecule has 0 amide bonds. The van der Waals surface area contributed by atoms with E-state index in [2.05, 4.69) is 13.2 Å². The Balaban J connectivity index is -0.000000135. The number of rotatable bonds is 6. The van der Waals surface area contributed by atoms with Crippen molar-refractivity contribution in [2.75, 3.05) is 0 Å². The van der Waals surface area contributed by atoms with Gasteiger partial charge in [0, 0.05) is 0 Å². The van der Waals surface area contributed by atoms with E-state index >= 15 is 0 Å². The maximum atomic E-state index is 9.92. The first-order valence-corrected chi connectivity index (χ1v) is 4.68. The summed E-state index contributed by atoms with van der Waals surface area (Å²) in [7, 11) is 0. The monoisotopic (exact) mass is 328 g/mol. The molecule has 10 heteroatoms. The van der Waals surface area contributed by atoms with Gasteiger partial charge in [-0.2, -0.15) is 0 Å². The molecule has 0 atom stereocenters. The summed E-state index contributed by atoms with van der Waals surface area (Å²) in [6, 6.07) is 0. The van der Waals surface area contributed by atoms with E-state index in [1.807, 2.05) is 0 Å². The van der Waals surface area contributed by atoms with Gasteiger partial charge in [0.05, 0.1) is 23.9 Å². The van der Waals surface area contributed by atoms with E-state index in [9.17, 15) is 39.6 Å². The number of carboxylic acid groups (broad SMARTS) is 4. The topological polar surface area (TPSA) is 161 Å². The number of carbonyl (C=O) groups excluding carboxylic acids is 4. The molecule has 0 radical (unpaired) electrons. The summed E-state index contributed by atoms with van der Waals surface area (Å²) in [4.78, 5) is 39.3. The van der Waals surface area contributed by atoms with Gasteiger partial charge in [0.25, 0.3) is 0 Å². The van der Waals surface area contributed by atoms with Gasteiger partial charge in [0.2, 0.25) is 0 Å². The molecule has 8 nitrogen and oxygen atoms in total. The molecule has 0 aliphatic carbocycles. The van der Waals surface area contributed by atoms with Crippen LogP contribution in [-0.4, -0.2) is 70.0 Å². The number of carboxylic acids is 4. The fraction of sp³-hybridized carbons (Fsp3) is 0. The summed E-state index contributed by atoms with van der Waals surface area (Å²) in [6.07, 6.45) is 2.54. The first-order chi connectivity index (χ1) is 9.15. The third-order valence-corrected chi connectivity index (χ3v) is 1.46. The zero-order valence-corrected chi connectivity index (χ0v) is 14.2. The second-order valence-corrected chi connectivity index (χ2v) is 2.82. The van der Waals surface area contributed by atoms with Crippen LogP contribution in [-0.2, 0) is 19.2 Å². The molecule has 0 fully saturated rings. The van der Waals surface area contributed by atoms with E-state index in [1.165, 1.54) is 0 Å². The molecule has 0 saturated heterocycles. The Morgan fingerprint density at radius 3 is 0.909 bits per heavy atom. The molecule has 0 heterocycles. The van der Waals surface area contributed by atoms with Crippen molar-refractivity contribution in [3.05, 3.63) is 48.6 Å². The Morgan fingerprint density at radius 2 is 0.864 bits per heavy atom. The molecule has 0 saturated carbocycles. The maximum Gasteiger partial charge on any atom is 2.00 e. The van der Waals surface area contributed by atoms with Crippen molar-refractivity contribution in [1.29, 1.82) is 0 Å². The van der Waals surface area contributed by atoms with Gasteiger partial charge in [0.15, 0.2) is 0 Å². The molecule has 22 heavy (non-hydrogen) atoms. The van der Waals surface area contributed by atoms with Crippen molar-refractivity contribution in [2.24, 2.45) is 0 Å². The largest absolute Gasteiger partial charge is 2.00 e. The Morgan fingerprint density at radius 1 is 0.636 bits per heavy atom. The van der Waals surface area contributed by atoms with Crippen molar-refractivity contribution in [2.45, 2.75) is 0 Å². The van der Waals surface area contributed by atoms with Gasteiger partial charge < -0.3 is 39.6 Å². The van der Waals surface area contributed by atoms with E-state index in [4.69, 9.17) is 0 Å². The summed E-state index contributed by atoms with van der Waals surface area (Å²) in [5.41, 5.74) is -1.000. The van der Waals surface area contributed by atoms with Crippen LogP contribution in [0.2, 0.25) is 0 Å². The molecule has 0 aromatic heterocycles. The minimum atomic E-state index is -1.58. The smallest absolute Gasteiger partial charge is 0.545 e. The van der Waals surface area contributed by atoms with Gasteiger partial charge in [-0.25, -0.2) is 0 Å². The average molecular weight is 329 g/mol. The van der Waals surface area contributed by atoms with Gasteiger partial charge in [-0.05, 0) is 23.3 Å². The van der Waals surface area contributed by atoms with Crippen molar-refractivity contribution in [1.82, 2.24) is 0 Å². The first kappa shape index (κ1) is 28.5. The van der Waals surface area contributed by atoms with E-state index in [0.717, 1.165) is 12.2 Å². The molecule has 0 aromatic rings. The second-order valence-electron chi connectivity index (χ2n) is 2.82. The minimum Gasteiger partial charge on any atom is -0.545 e. The van der Waals surface area contributed by atoms with E-state index in [1.54, 1.807) is 0 Å². The SMILES string of the molecule is C=C/C(=C/C(=O)[O-])C(=O)[O-].C=C/C(=C/C(=O)[O-])C(=O)[O-].[Mg+2].[Mg+2]. The van der Waals surface area contributed by atoms with E-state index in [-0.39, 0.29) is 46.1 Å². The zero-order valence-electron chi connectivity index (χ0n) is 11.4. The molecular formula is C12H8Mg2O8. The molecule has 0 aromatic carbocycles. The normalized spacial score (nSPS) is 9.64. The summed E-state index contributed by atoms with van der Waals surface area (Å²) < 4.78 is 0. The molecule has 108 valence electrons. The maximum absolute atomic E-state index is 9.92. The zero-order chi connectivity index (χ0) is 16.3. The number of aliphatic carboxylic acids is 4. The predicted molar refractivity (Wildman–Crippen MR) is 68.1 cm³/mol. The Bertz CT molecular complexity index is 459. The van der Waals surface area contributed by atoms with Crippen LogP contribution in [0.4, 0.5) is 0 Å².